The minimum absolute atomic E-state index is 0.106. The maximum absolute atomic E-state index is 11.8. The monoisotopic (exact) mass is 336 g/mol. The molecule has 1 fully saturated rings. The van der Waals surface area contributed by atoms with Gasteiger partial charge in [0.25, 0.3) is 5.69 Å². The van der Waals surface area contributed by atoms with Gasteiger partial charge in [0.05, 0.1) is 34.8 Å². The van der Waals surface area contributed by atoms with Crippen molar-refractivity contribution < 1.29 is 23.8 Å². The number of nitrogens with zero attached hydrogens (tertiary/aromatic N) is 2. The molecule has 1 aliphatic heterocycles. The highest BCUT2D eigenvalue weighted by atomic mass is 16.7. The van der Waals surface area contributed by atoms with E-state index in [2.05, 4.69) is 4.98 Å². The van der Waals surface area contributed by atoms with Gasteiger partial charge in [-0.25, -0.2) is 0 Å². The van der Waals surface area contributed by atoms with E-state index in [4.69, 9.17) is 14.0 Å². The maximum atomic E-state index is 11.8. The van der Waals surface area contributed by atoms with Gasteiger partial charge in [0, 0.05) is 11.5 Å². The van der Waals surface area contributed by atoms with Crippen LogP contribution in [0.25, 0.3) is 0 Å². The first-order chi connectivity index (χ1) is 11.1. The number of nitro groups is 1. The van der Waals surface area contributed by atoms with Crippen LogP contribution >= 0.6 is 0 Å². The van der Waals surface area contributed by atoms with Gasteiger partial charge >= 0.3 is 13.1 Å². The molecule has 0 bridgehead atoms. The minimum Gasteiger partial charge on any atom is -0.466 e. The topological polar surface area (TPSA) is 101 Å². The van der Waals surface area contributed by atoms with Gasteiger partial charge in [-0.05, 0) is 34.6 Å². The SMILES string of the molecule is CCOC(=O)Cc1ncc([N+](=O)[O-])cc1B1OC(C)(C)C(C)(C)O1. The first-order valence-corrected chi connectivity index (χ1v) is 7.72. The number of pyridine rings is 1. The Labute approximate surface area is 140 Å². The van der Waals surface area contributed by atoms with Crippen LogP contribution in [0.15, 0.2) is 12.3 Å². The van der Waals surface area contributed by atoms with Crippen LogP contribution in [0.1, 0.15) is 40.3 Å². The molecular weight excluding hydrogens is 315 g/mol. The Hall–Kier alpha value is -2.00. The zero-order valence-electron chi connectivity index (χ0n) is 14.5. The quantitative estimate of drug-likeness (QED) is 0.347. The molecule has 1 saturated heterocycles. The van der Waals surface area contributed by atoms with E-state index in [9.17, 15) is 14.9 Å². The summed E-state index contributed by atoms with van der Waals surface area (Å²) in [4.78, 5) is 26.3. The van der Waals surface area contributed by atoms with Crippen LogP contribution in [-0.2, 0) is 25.3 Å². The van der Waals surface area contributed by atoms with Crippen molar-refractivity contribution in [2.75, 3.05) is 6.61 Å². The lowest BCUT2D eigenvalue weighted by Crippen LogP contribution is -2.41. The maximum Gasteiger partial charge on any atom is 0.496 e. The highest BCUT2D eigenvalue weighted by Gasteiger charge is 2.52. The van der Waals surface area contributed by atoms with Gasteiger partial charge in [-0.15, -0.1) is 0 Å². The molecule has 1 aromatic heterocycles. The second-order valence-corrected chi connectivity index (χ2v) is 6.56. The van der Waals surface area contributed by atoms with Gasteiger partial charge in [0.15, 0.2) is 0 Å². The van der Waals surface area contributed by atoms with Crippen LogP contribution in [0.2, 0.25) is 0 Å². The summed E-state index contributed by atoms with van der Waals surface area (Å²) in [5.74, 6) is -0.461. The lowest BCUT2D eigenvalue weighted by atomic mass is 9.77. The van der Waals surface area contributed by atoms with Crippen LogP contribution in [0.3, 0.4) is 0 Å². The number of hydrogen-bond acceptors (Lipinski definition) is 7. The normalized spacial score (nSPS) is 18.5. The fraction of sp³-hybridized carbons (Fsp3) is 0.600. The minimum atomic E-state index is -0.841. The molecule has 8 nitrogen and oxygen atoms in total. The second-order valence-electron chi connectivity index (χ2n) is 6.56. The van der Waals surface area contributed by atoms with Gasteiger partial charge in [-0.3, -0.25) is 19.9 Å². The Kier molecular flexibility index (Phi) is 4.96. The molecule has 0 unspecified atom stereocenters. The average molecular weight is 336 g/mol. The highest BCUT2D eigenvalue weighted by molar-refractivity contribution is 6.62. The van der Waals surface area contributed by atoms with Gasteiger partial charge in [0.1, 0.15) is 6.20 Å². The third-order valence-electron chi connectivity index (χ3n) is 4.32. The Morgan fingerprint density at radius 1 is 1.33 bits per heavy atom. The molecule has 0 amide bonds. The van der Waals surface area contributed by atoms with E-state index in [1.54, 1.807) is 6.92 Å². The molecule has 0 radical (unpaired) electrons. The fourth-order valence-electron chi connectivity index (χ4n) is 2.27. The summed E-state index contributed by atoms with van der Waals surface area (Å²) in [5, 5.41) is 11.1. The van der Waals surface area contributed by atoms with Crippen LogP contribution in [-0.4, -0.2) is 40.8 Å². The van der Waals surface area contributed by atoms with Crippen LogP contribution < -0.4 is 5.46 Å². The average Bonchev–Trinajstić information content (AvgIpc) is 2.67. The van der Waals surface area contributed by atoms with E-state index in [0.29, 0.717) is 11.2 Å². The zero-order chi connectivity index (χ0) is 18.1. The molecule has 0 saturated carbocycles. The molecule has 9 heteroatoms. The number of carbonyl (C=O) groups is 1. The molecule has 1 aromatic rings. The summed E-state index contributed by atoms with van der Waals surface area (Å²) in [7, 11) is -0.841. The van der Waals surface area contributed by atoms with Crippen molar-refractivity contribution in [1.82, 2.24) is 4.98 Å². The first-order valence-electron chi connectivity index (χ1n) is 7.72. The zero-order valence-corrected chi connectivity index (χ0v) is 14.5. The Balaban J connectivity index is 2.40. The summed E-state index contributed by atoms with van der Waals surface area (Å²) in [6.07, 6.45) is 1.01. The van der Waals surface area contributed by atoms with Crippen LogP contribution in [0, 0.1) is 10.1 Å². The number of aromatic nitrogens is 1. The van der Waals surface area contributed by atoms with E-state index in [0.717, 1.165) is 6.20 Å². The van der Waals surface area contributed by atoms with Crippen molar-refractivity contribution in [1.29, 1.82) is 0 Å². The van der Waals surface area contributed by atoms with E-state index in [1.165, 1.54) is 6.07 Å². The third-order valence-corrected chi connectivity index (χ3v) is 4.32. The lowest BCUT2D eigenvalue weighted by Gasteiger charge is -2.32. The smallest absolute Gasteiger partial charge is 0.466 e. The third kappa shape index (κ3) is 3.57. The predicted octanol–water partition coefficient (Wildman–Crippen LogP) is 1.39. The fourth-order valence-corrected chi connectivity index (χ4v) is 2.27. The molecular formula is C15H21BN2O6. The van der Waals surface area contributed by atoms with Crippen molar-refractivity contribution in [2.24, 2.45) is 0 Å². The Morgan fingerprint density at radius 2 is 1.92 bits per heavy atom. The van der Waals surface area contributed by atoms with Gasteiger partial charge in [-0.2, -0.15) is 0 Å². The van der Waals surface area contributed by atoms with E-state index < -0.39 is 29.2 Å². The predicted molar refractivity (Wildman–Crippen MR) is 86.9 cm³/mol. The Bertz CT molecular complexity index is 645. The molecule has 2 heterocycles. The molecule has 130 valence electrons. The summed E-state index contributed by atoms with van der Waals surface area (Å²) < 4.78 is 16.8. The van der Waals surface area contributed by atoms with Crippen molar-refractivity contribution in [3.63, 3.8) is 0 Å². The number of carbonyl (C=O) groups excluding carboxylic acids is 1. The Morgan fingerprint density at radius 3 is 2.42 bits per heavy atom. The standard InChI is InChI=1S/C15H21BN2O6/c1-6-22-13(19)8-12-11(7-10(9-17-12)18(20)21)16-23-14(2,3)15(4,5)24-16/h7,9H,6,8H2,1-5H3. The second kappa shape index (κ2) is 6.48. The first kappa shape index (κ1) is 18.3. The van der Waals surface area contributed by atoms with Crippen molar-refractivity contribution in [3.8, 4) is 0 Å². The molecule has 0 N–H and O–H groups in total. The lowest BCUT2D eigenvalue weighted by molar-refractivity contribution is -0.385. The summed E-state index contributed by atoms with van der Waals surface area (Å²) in [6, 6.07) is 1.34. The van der Waals surface area contributed by atoms with Crippen LogP contribution in [0.5, 0.6) is 0 Å². The van der Waals surface area contributed by atoms with Crippen molar-refractivity contribution in [2.45, 2.75) is 52.2 Å². The van der Waals surface area contributed by atoms with E-state index in [-0.39, 0.29) is 18.7 Å². The van der Waals surface area contributed by atoms with E-state index in [1.807, 2.05) is 27.7 Å². The van der Waals surface area contributed by atoms with Gasteiger partial charge in [0.2, 0.25) is 0 Å². The molecule has 2 rings (SSSR count). The summed E-state index contributed by atoms with van der Waals surface area (Å²) >= 11 is 0. The number of esters is 1. The molecule has 0 aromatic carbocycles. The van der Waals surface area contributed by atoms with Gasteiger partial charge in [-0.1, -0.05) is 0 Å². The molecule has 24 heavy (non-hydrogen) atoms. The van der Waals surface area contributed by atoms with Crippen LogP contribution in [0.4, 0.5) is 5.69 Å². The number of ether oxygens (including phenoxy) is 1. The molecule has 1 aliphatic rings. The summed E-state index contributed by atoms with van der Waals surface area (Å²) in [5.41, 5.74) is -0.687. The molecule has 0 spiro atoms. The summed E-state index contributed by atoms with van der Waals surface area (Å²) in [6.45, 7) is 9.46. The number of rotatable bonds is 5. The van der Waals surface area contributed by atoms with Crippen molar-refractivity contribution >= 4 is 24.2 Å². The van der Waals surface area contributed by atoms with Crippen molar-refractivity contribution in [3.05, 3.63) is 28.1 Å². The number of hydrogen-bond donors (Lipinski definition) is 0. The highest BCUT2D eigenvalue weighted by Crippen LogP contribution is 2.36. The molecule has 0 aliphatic carbocycles. The molecule has 0 atom stereocenters. The van der Waals surface area contributed by atoms with Gasteiger partial charge < -0.3 is 14.0 Å². The van der Waals surface area contributed by atoms with E-state index >= 15 is 0 Å². The largest absolute Gasteiger partial charge is 0.496 e.